The van der Waals surface area contributed by atoms with E-state index in [0.29, 0.717) is 10.1 Å². The molecule has 2 aromatic heterocycles. The molecule has 0 aliphatic heterocycles. The lowest BCUT2D eigenvalue weighted by molar-refractivity contribution is 0.0519. The second-order valence-corrected chi connectivity index (χ2v) is 4.89. The van der Waals surface area contributed by atoms with Crippen LogP contribution in [0, 0.1) is 0 Å². The standard InChI is InChI=1S/C12H16N4O3S/c1-4-15(5-2)12-14-16-9(17)7-8(10(18)19-6-3)13-11(16)20-12/h7H,4-6H2,1-3H3. The van der Waals surface area contributed by atoms with Crippen LogP contribution in [0.5, 0.6) is 0 Å². The highest BCUT2D eigenvalue weighted by Gasteiger charge is 2.16. The number of hydrogen-bond acceptors (Lipinski definition) is 7. The SMILES string of the molecule is CCOC(=O)c1cc(=O)n2nc(N(CC)CC)sc2n1. The molecule has 0 atom stereocenters. The van der Waals surface area contributed by atoms with Crippen LogP contribution in [0.3, 0.4) is 0 Å². The van der Waals surface area contributed by atoms with Crippen molar-refractivity contribution in [2.24, 2.45) is 0 Å². The molecule has 0 N–H and O–H groups in total. The van der Waals surface area contributed by atoms with Crippen LogP contribution in [0.25, 0.3) is 4.96 Å². The maximum absolute atomic E-state index is 12.0. The van der Waals surface area contributed by atoms with Gasteiger partial charge in [0.2, 0.25) is 10.1 Å². The molecule has 2 aromatic rings. The van der Waals surface area contributed by atoms with E-state index in [2.05, 4.69) is 10.1 Å². The summed E-state index contributed by atoms with van der Waals surface area (Å²) in [6.07, 6.45) is 0. The maximum Gasteiger partial charge on any atom is 0.357 e. The number of hydrogen-bond donors (Lipinski definition) is 0. The minimum Gasteiger partial charge on any atom is -0.461 e. The van der Waals surface area contributed by atoms with Crippen molar-refractivity contribution in [3.63, 3.8) is 0 Å². The van der Waals surface area contributed by atoms with Gasteiger partial charge in [-0.15, -0.1) is 5.10 Å². The summed E-state index contributed by atoms with van der Waals surface area (Å²) in [7, 11) is 0. The van der Waals surface area contributed by atoms with Crippen LogP contribution in [0.1, 0.15) is 31.3 Å². The Labute approximate surface area is 119 Å². The summed E-state index contributed by atoms with van der Waals surface area (Å²) in [6.45, 7) is 7.54. The molecule has 7 nitrogen and oxygen atoms in total. The van der Waals surface area contributed by atoms with Crippen LogP contribution >= 0.6 is 11.3 Å². The lowest BCUT2D eigenvalue weighted by Gasteiger charge is -2.15. The lowest BCUT2D eigenvalue weighted by atomic mass is 10.4. The minimum absolute atomic E-state index is 0.0200. The van der Waals surface area contributed by atoms with E-state index in [1.807, 2.05) is 18.7 Å². The van der Waals surface area contributed by atoms with Gasteiger partial charge in [-0.3, -0.25) is 4.79 Å². The van der Waals surface area contributed by atoms with Gasteiger partial charge in [-0.1, -0.05) is 11.3 Å². The van der Waals surface area contributed by atoms with Gasteiger partial charge in [-0.2, -0.15) is 4.52 Å². The molecule has 20 heavy (non-hydrogen) atoms. The quantitative estimate of drug-likeness (QED) is 0.771. The van der Waals surface area contributed by atoms with Gasteiger partial charge < -0.3 is 9.64 Å². The number of esters is 1. The van der Waals surface area contributed by atoms with Gasteiger partial charge >= 0.3 is 5.97 Å². The Kier molecular flexibility index (Phi) is 4.33. The topological polar surface area (TPSA) is 76.8 Å². The van der Waals surface area contributed by atoms with Crippen LogP contribution in [-0.2, 0) is 4.74 Å². The van der Waals surface area contributed by atoms with E-state index in [-0.39, 0.29) is 17.9 Å². The molecular formula is C12H16N4O3S. The second kappa shape index (κ2) is 6.00. The van der Waals surface area contributed by atoms with E-state index in [9.17, 15) is 9.59 Å². The number of ether oxygens (including phenoxy) is 1. The summed E-state index contributed by atoms with van der Waals surface area (Å²) in [5.41, 5.74) is -0.362. The van der Waals surface area contributed by atoms with Gasteiger partial charge in [0.25, 0.3) is 5.56 Å². The van der Waals surface area contributed by atoms with Crippen molar-refractivity contribution in [3.05, 3.63) is 22.1 Å². The average Bonchev–Trinajstić information content (AvgIpc) is 2.85. The van der Waals surface area contributed by atoms with E-state index in [1.54, 1.807) is 6.92 Å². The Morgan fingerprint density at radius 1 is 1.40 bits per heavy atom. The molecule has 2 rings (SSSR count). The maximum atomic E-state index is 12.0. The summed E-state index contributed by atoms with van der Waals surface area (Å²) in [6, 6.07) is 1.15. The molecule has 2 heterocycles. The van der Waals surface area contributed by atoms with Crippen LogP contribution in [0.2, 0.25) is 0 Å². The highest BCUT2D eigenvalue weighted by molar-refractivity contribution is 7.20. The fourth-order valence-electron chi connectivity index (χ4n) is 1.73. The number of nitrogens with zero attached hydrogens (tertiary/aromatic N) is 4. The highest BCUT2D eigenvalue weighted by Crippen LogP contribution is 2.20. The first-order valence-corrected chi connectivity index (χ1v) is 7.25. The second-order valence-electron chi connectivity index (χ2n) is 3.95. The molecule has 0 spiro atoms. The first kappa shape index (κ1) is 14.4. The van der Waals surface area contributed by atoms with Crippen molar-refractivity contribution in [2.45, 2.75) is 20.8 Å². The fourth-order valence-corrected chi connectivity index (χ4v) is 2.77. The molecule has 0 unspecified atom stereocenters. The van der Waals surface area contributed by atoms with E-state index < -0.39 is 5.97 Å². The number of aromatic nitrogens is 3. The molecule has 0 fully saturated rings. The largest absolute Gasteiger partial charge is 0.461 e. The molecule has 0 radical (unpaired) electrons. The smallest absolute Gasteiger partial charge is 0.357 e. The molecular weight excluding hydrogens is 280 g/mol. The third kappa shape index (κ3) is 2.64. The molecule has 8 heteroatoms. The van der Waals surface area contributed by atoms with Gasteiger partial charge in [-0.05, 0) is 20.8 Å². The molecule has 108 valence electrons. The third-order valence-electron chi connectivity index (χ3n) is 2.75. The zero-order valence-corrected chi connectivity index (χ0v) is 12.4. The van der Waals surface area contributed by atoms with Crippen molar-refractivity contribution >= 4 is 27.4 Å². The minimum atomic E-state index is -0.593. The predicted octanol–water partition coefficient (Wildman–Crippen LogP) is 1.17. The van der Waals surface area contributed by atoms with E-state index in [0.717, 1.165) is 19.2 Å². The summed E-state index contributed by atoms with van der Waals surface area (Å²) in [4.78, 5) is 30.1. The molecule has 0 aliphatic rings. The fraction of sp³-hybridized carbons (Fsp3) is 0.500. The number of anilines is 1. The summed E-state index contributed by atoms with van der Waals surface area (Å²) >= 11 is 1.28. The van der Waals surface area contributed by atoms with Crippen molar-refractivity contribution in [3.8, 4) is 0 Å². The zero-order valence-electron chi connectivity index (χ0n) is 11.6. The Bertz CT molecular complexity index is 675. The third-order valence-corrected chi connectivity index (χ3v) is 3.72. The van der Waals surface area contributed by atoms with Crippen molar-refractivity contribution in [1.29, 1.82) is 0 Å². The molecule has 0 saturated carbocycles. The Morgan fingerprint density at radius 3 is 2.70 bits per heavy atom. The Hall–Kier alpha value is -1.96. The van der Waals surface area contributed by atoms with Crippen LogP contribution in [0.15, 0.2) is 10.9 Å². The number of carbonyl (C=O) groups excluding carboxylic acids is 1. The number of carbonyl (C=O) groups is 1. The average molecular weight is 296 g/mol. The molecule has 0 aliphatic carbocycles. The molecule has 0 saturated heterocycles. The van der Waals surface area contributed by atoms with Crippen LogP contribution < -0.4 is 10.5 Å². The van der Waals surface area contributed by atoms with E-state index in [1.165, 1.54) is 15.9 Å². The lowest BCUT2D eigenvalue weighted by Crippen LogP contribution is -2.23. The van der Waals surface area contributed by atoms with Gasteiger partial charge in [-0.25, -0.2) is 9.78 Å². The van der Waals surface area contributed by atoms with E-state index >= 15 is 0 Å². The van der Waals surface area contributed by atoms with Crippen LogP contribution in [-0.4, -0.2) is 40.3 Å². The Morgan fingerprint density at radius 2 is 2.10 bits per heavy atom. The van der Waals surface area contributed by atoms with Crippen molar-refractivity contribution < 1.29 is 9.53 Å². The summed E-state index contributed by atoms with van der Waals surface area (Å²) < 4.78 is 6.06. The van der Waals surface area contributed by atoms with Gasteiger partial charge in [0.05, 0.1) is 6.61 Å². The van der Waals surface area contributed by atoms with Gasteiger partial charge in [0.15, 0.2) is 5.69 Å². The van der Waals surface area contributed by atoms with Crippen molar-refractivity contribution in [2.75, 3.05) is 24.6 Å². The Balaban J connectivity index is 2.49. The summed E-state index contributed by atoms with van der Waals surface area (Å²) in [5, 5.41) is 4.94. The van der Waals surface area contributed by atoms with E-state index in [4.69, 9.17) is 4.74 Å². The normalized spacial score (nSPS) is 10.8. The highest BCUT2D eigenvalue weighted by atomic mass is 32.1. The van der Waals surface area contributed by atoms with Crippen LogP contribution in [0.4, 0.5) is 5.13 Å². The number of fused-ring (bicyclic) bond motifs is 1. The van der Waals surface area contributed by atoms with Gasteiger partial charge in [0.1, 0.15) is 0 Å². The molecule has 0 amide bonds. The van der Waals surface area contributed by atoms with Crippen molar-refractivity contribution in [1.82, 2.24) is 14.6 Å². The monoisotopic (exact) mass is 296 g/mol. The first-order chi connectivity index (χ1) is 9.60. The predicted molar refractivity (Wildman–Crippen MR) is 76.7 cm³/mol. The molecule has 0 bridgehead atoms. The number of rotatable bonds is 5. The molecule has 0 aromatic carbocycles. The summed E-state index contributed by atoms with van der Waals surface area (Å²) in [5.74, 6) is -0.593. The first-order valence-electron chi connectivity index (χ1n) is 6.43. The van der Waals surface area contributed by atoms with Gasteiger partial charge in [0, 0.05) is 19.2 Å². The zero-order chi connectivity index (χ0) is 14.7.